The van der Waals surface area contributed by atoms with Crippen LogP contribution in [0.5, 0.6) is 0 Å². The molecule has 4 heteroatoms. The lowest BCUT2D eigenvalue weighted by molar-refractivity contribution is -0.0414. The predicted octanol–water partition coefficient (Wildman–Crippen LogP) is 3.52. The van der Waals surface area contributed by atoms with Gasteiger partial charge in [-0.15, -0.1) is 0 Å². The molecule has 2 N–H and O–H groups in total. The highest BCUT2D eigenvalue weighted by Crippen LogP contribution is 2.48. The Hall–Kier alpha value is -2.07. The minimum atomic E-state index is -1.25. The van der Waals surface area contributed by atoms with E-state index in [1.165, 1.54) is 12.3 Å². The van der Waals surface area contributed by atoms with Gasteiger partial charge in [-0.3, -0.25) is 0 Å². The molecule has 2 aromatic rings. The van der Waals surface area contributed by atoms with Gasteiger partial charge in [-0.25, -0.2) is 4.79 Å². The maximum atomic E-state index is 11.3. The summed E-state index contributed by atoms with van der Waals surface area (Å²) >= 11 is 0. The first-order chi connectivity index (χ1) is 10.1. The molecule has 1 aromatic heterocycles. The standard InChI is InChI=1S/C17H18O4/c18-16(19)13-9-11-21-15(13)17(20)10-5-4-8-14(17)12-6-2-1-3-7-12/h1-3,6-7,9,11,14,20H,4-5,8,10H2,(H,18,19). The smallest absolute Gasteiger partial charge is 0.339 e. The summed E-state index contributed by atoms with van der Waals surface area (Å²) in [4.78, 5) is 11.3. The van der Waals surface area contributed by atoms with Crippen molar-refractivity contribution in [2.75, 3.05) is 0 Å². The molecule has 1 heterocycles. The Kier molecular flexibility index (Phi) is 3.55. The van der Waals surface area contributed by atoms with Gasteiger partial charge in [0.2, 0.25) is 0 Å². The third kappa shape index (κ3) is 2.36. The van der Waals surface area contributed by atoms with Crippen LogP contribution in [0.2, 0.25) is 0 Å². The van der Waals surface area contributed by atoms with E-state index in [1.807, 2.05) is 30.3 Å². The number of carboxylic acids is 1. The van der Waals surface area contributed by atoms with Gasteiger partial charge in [0, 0.05) is 5.92 Å². The Labute approximate surface area is 123 Å². The van der Waals surface area contributed by atoms with Crippen molar-refractivity contribution in [1.29, 1.82) is 0 Å². The van der Waals surface area contributed by atoms with Crippen LogP contribution in [0.25, 0.3) is 0 Å². The highest BCUT2D eigenvalue weighted by Gasteiger charge is 2.45. The van der Waals surface area contributed by atoms with Crippen LogP contribution >= 0.6 is 0 Å². The number of aliphatic hydroxyl groups is 1. The summed E-state index contributed by atoms with van der Waals surface area (Å²) in [6, 6.07) is 11.2. The van der Waals surface area contributed by atoms with Crippen LogP contribution in [0.4, 0.5) is 0 Å². The number of hydrogen-bond donors (Lipinski definition) is 2. The van der Waals surface area contributed by atoms with Gasteiger partial charge in [0.1, 0.15) is 16.9 Å². The fourth-order valence-electron chi connectivity index (χ4n) is 3.37. The van der Waals surface area contributed by atoms with E-state index >= 15 is 0 Å². The Bertz CT molecular complexity index is 631. The fourth-order valence-corrected chi connectivity index (χ4v) is 3.37. The van der Waals surface area contributed by atoms with E-state index in [0.717, 1.165) is 24.8 Å². The van der Waals surface area contributed by atoms with Crippen LogP contribution in [0.1, 0.15) is 53.3 Å². The molecule has 2 atom stereocenters. The van der Waals surface area contributed by atoms with Crippen molar-refractivity contribution >= 4 is 5.97 Å². The molecule has 21 heavy (non-hydrogen) atoms. The predicted molar refractivity (Wildman–Crippen MR) is 77.2 cm³/mol. The number of carboxylic acid groups (broad SMARTS) is 1. The Morgan fingerprint density at radius 1 is 1.19 bits per heavy atom. The molecule has 1 saturated carbocycles. The number of benzene rings is 1. The molecule has 1 fully saturated rings. The molecule has 110 valence electrons. The number of rotatable bonds is 3. The van der Waals surface area contributed by atoms with Crippen LogP contribution in [-0.2, 0) is 5.60 Å². The van der Waals surface area contributed by atoms with Crippen LogP contribution in [0.3, 0.4) is 0 Å². The Morgan fingerprint density at radius 2 is 1.95 bits per heavy atom. The second-order valence-electron chi connectivity index (χ2n) is 5.60. The van der Waals surface area contributed by atoms with Crippen LogP contribution in [0.15, 0.2) is 47.1 Å². The van der Waals surface area contributed by atoms with Crippen molar-refractivity contribution in [1.82, 2.24) is 0 Å². The van der Waals surface area contributed by atoms with Crippen molar-refractivity contribution in [3.05, 3.63) is 59.5 Å². The van der Waals surface area contributed by atoms with Crippen molar-refractivity contribution < 1.29 is 19.4 Å². The van der Waals surface area contributed by atoms with E-state index in [1.54, 1.807) is 0 Å². The van der Waals surface area contributed by atoms with E-state index in [-0.39, 0.29) is 17.2 Å². The van der Waals surface area contributed by atoms with E-state index in [0.29, 0.717) is 6.42 Å². The lowest BCUT2D eigenvalue weighted by Crippen LogP contribution is -2.37. The number of furan rings is 1. The summed E-state index contributed by atoms with van der Waals surface area (Å²) in [5.41, 5.74) is -0.177. The van der Waals surface area contributed by atoms with Gasteiger partial charge in [-0.2, -0.15) is 0 Å². The number of carbonyl (C=O) groups is 1. The Balaban J connectivity index is 2.07. The molecular weight excluding hydrogens is 268 g/mol. The third-order valence-corrected chi connectivity index (χ3v) is 4.37. The van der Waals surface area contributed by atoms with Crippen LogP contribution in [-0.4, -0.2) is 16.2 Å². The maximum Gasteiger partial charge on any atom is 0.339 e. The van der Waals surface area contributed by atoms with Crippen molar-refractivity contribution in [2.45, 2.75) is 37.2 Å². The van der Waals surface area contributed by atoms with Crippen molar-refractivity contribution in [3.63, 3.8) is 0 Å². The molecule has 0 radical (unpaired) electrons. The number of aromatic carboxylic acids is 1. The normalized spacial score (nSPS) is 25.7. The first kappa shape index (κ1) is 13.9. The first-order valence-corrected chi connectivity index (χ1v) is 7.21. The Morgan fingerprint density at radius 3 is 2.67 bits per heavy atom. The molecule has 3 rings (SSSR count). The zero-order valence-electron chi connectivity index (χ0n) is 11.7. The molecule has 0 amide bonds. The molecule has 2 unspecified atom stereocenters. The van der Waals surface area contributed by atoms with E-state index < -0.39 is 11.6 Å². The summed E-state index contributed by atoms with van der Waals surface area (Å²) in [5, 5.41) is 20.5. The van der Waals surface area contributed by atoms with Gasteiger partial charge in [0.15, 0.2) is 0 Å². The molecule has 0 spiro atoms. The van der Waals surface area contributed by atoms with Crippen LogP contribution in [0, 0.1) is 0 Å². The number of hydrogen-bond acceptors (Lipinski definition) is 3. The quantitative estimate of drug-likeness (QED) is 0.905. The zero-order valence-corrected chi connectivity index (χ0v) is 11.7. The summed E-state index contributed by atoms with van der Waals surface area (Å²) in [7, 11) is 0. The maximum absolute atomic E-state index is 11.3. The second kappa shape index (κ2) is 5.37. The van der Waals surface area contributed by atoms with Gasteiger partial charge in [0.05, 0.1) is 6.26 Å². The summed E-state index contributed by atoms with van der Waals surface area (Å²) in [6.45, 7) is 0. The summed E-state index contributed by atoms with van der Waals surface area (Å²) in [6.07, 6.45) is 4.55. The van der Waals surface area contributed by atoms with Crippen molar-refractivity contribution in [3.8, 4) is 0 Å². The third-order valence-electron chi connectivity index (χ3n) is 4.37. The highest BCUT2D eigenvalue weighted by atomic mass is 16.4. The largest absolute Gasteiger partial charge is 0.478 e. The summed E-state index contributed by atoms with van der Waals surface area (Å²) < 4.78 is 5.39. The molecule has 1 aliphatic carbocycles. The van der Waals surface area contributed by atoms with E-state index in [9.17, 15) is 15.0 Å². The lowest BCUT2D eigenvalue weighted by Gasteiger charge is -2.39. The molecule has 0 saturated heterocycles. The topological polar surface area (TPSA) is 70.7 Å². The summed E-state index contributed by atoms with van der Waals surface area (Å²) in [5.74, 6) is -1.02. The molecule has 4 nitrogen and oxygen atoms in total. The molecule has 1 aliphatic rings. The fraction of sp³-hybridized carbons (Fsp3) is 0.353. The molecule has 1 aromatic carbocycles. The van der Waals surface area contributed by atoms with Crippen LogP contribution < -0.4 is 0 Å². The molecule has 0 aliphatic heterocycles. The molecule has 0 bridgehead atoms. The van der Waals surface area contributed by atoms with Crippen molar-refractivity contribution in [2.24, 2.45) is 0 Å². The SMILES string of the molecule is O=C(O)c1ccoc1C1(O)CCCCC1c1ccccc1. The average molecular weight is 286 g/mol. The second-order valence-corrected chi connectivity index (χ2v) is 5.60. The van der Waals surface area contributed by atoms with Gasteiger partial charge in [0.25, 0.3) is 0 Å². The van der Waals surface area contributed by atoms with Gasteiger partial charge < -0.3 is 14.6 Å². The minimum absolute atomic E-state index is 0.0559. The van der Waals surface area contributed by atoms with Gasteiger partial charge in [-0.05, 0) is 24.5 Å². The lowest BCUT2D eigenvalue weighted by atomic mass is 9.70. The van der Waals surface area contributed by atoms with Gasteiger partial charge in [-0.1, -0.05) is 43.2 Å². The highest BCUT2D eigenvalue weighted by molar-refractivity contribution is 5.89. The van der Waals surface area contributed by atoms with E-state index in [4.69, 9.17) is 4.42 Å². The minimum Gasteiger partial charge on any atom is -0.478 e. The van der Waals surface area contributed by atoms with Gasteiger partial charge >= 0.3 is 5.97 Å². The van der Waals surface area contributed by atoms with E-state index in [2.05, 4.69) is 0 Å². The monoisotopic (exact) mass is 286 g/mol. The molecular formula is C17H18O4. The zero-order chi connectivity index (χ0) is 14.9. The first-order valence-electron chi connectivity index (χ1n) is 7.21. The average Bonchev–Trinajstić information content (AvgIpc) is 2.99.